The van der Waals surface area contributed by atoms with Gasteiger partial charge in [-0.2, -0.15) is 0 Å². The number of furan rings is 1. The zero-order valence-electron chi connectivity index (χ0n) is 14.7. The number of fused-ring (bicyclic) bond motifs is 4. The molecule has 2 heterocycles. The fourth-order valence-corrected chi connectivity index (χ4v) is 4.15. The second-order valence-corrected chi connectivity index (χ2v) is 7.00. The number of ether oxygens (including phenoxy) is 1. The van der Waals surface area contributed by atoms with Gasteiger partial charge in [0, 0.05) is 24.6 Å². The van der Waals surface area contributed by atoms with Crippen LogP contribution in [0.15, 0.2) is 27.6 Å². The summed E-state index contributed by atoms with van der Waals surface area (Å²) in [7, 11) is 1.71. The highest BCUT2D eigenvalue weighted by Gasteiger charge is 2.40. The van der Waals surface area contributed by atoms with Crippen LogP contribution in [0.3, 0.4) is 0 Å². The third-order valence-electron chi connectivity index (χ3n) is 5.26. The average molecular weight is 342 g/mol. The van der Waals surface area contributed by atoms with Gasteiger partial charge in [-0.15, -0.1) is 0 Å². The number of guanidine groups is 1. The van der Waals surface area contributed by atoms with Gasteiger partial charge in [0.15, 0.2) is 5.96 Å². The van der Waals surface area contributed by atoms with Crippen LogP contribution in [0.2, 0.25) is 0 Å². The number of anilines is 1. The number of methoxy groups -OCH3 is 1. The maximum absolute atomic E-state index is 6.26. The molecule has 1 aliphatic carbocycles. The minimum Gasteiger partial charge on any atom is -0.459 e. The van der Waals surface area contributed by atoms with Crippen molar-refractivity contribution in [3.8, 4) is 0 Å². The smallest absolute Gasteiger partial charge is 0.194 e. The van der Waals surface area contributed by atoms with Gasteiger partial charge in [0.25, 0.3) is 0 Å². The zero-order chi connectivity index (χ0) is 17.3. The Bertz CT molecular complexity index is 790. The molecule has 1 aromatic heterocycles. The predicted octanol–water partition coefficient (Wildman–Crippen LogP) is 3.07. The number of hydrogen-bond acceptors (Lipinski definition) is 6. The molecule has 6 heteroatoms. The molecule has 6 nitrogen and oxygen atoms in total. The second-order valence-electron chi connectivity index (χ2n) is 7.00. The first-order chi connectivity index (χ1) is 12.2. The van der Waals surface area contributed by atoms with Crippen molar-refractivity contribution in [3.63, 3.8) is 0 Å². The third-order valence-corrected chi connectivity index (χ3v) is 5.26. The Hall–Kier alpha value is -2.05. The number of nitrogens with one attached hydrogen (secondary N) is 2. The number of nitrogens with two attached hydrogens (primary N) is 1. The molecule has 0 radical (unpaired) electrons. The van der Waals surface area contributed by atoms with Crippen molar-refractivity contribution < 1.29 is 9.15 Å². The van der Waals surface area contributed by atoms with Crippen LogP contribution in [-0.2, 0) is 16.8 Å². The minimum atomic E-state index is -0.235. The molecule has 2 aromatic rings. The van der Waals surface area contributed by atoms with Crippen LogP contribution in [0.4, 0.5) is 5.69 Å². The number of hydrogen-bond donors (Lipinski definition) is 3. The molecular formula is C19H26N4O2. The molecule has 0 amide bonds. The number of nitrogens with zero attached hydrogens (tertiary/aromatic N) is 1. The van der Waals surface area contributed by atoms with Crippen LogP contribution in [0, 0.1) is 0 Å². The molecule has 134 valence electrons. The van der Waals surface area contributed by atoms with E-state index in [2.05, 4.69) is 28.8 Å². The SMILES string of the molecule is COCCNCc1cc2ccc3c(c2o1)C1(CCCCC1)N=C(N)N3. The zero-order valence-corrected chi connectivity index (χ0v) is 14.7. The molecule has 1 spiro atoms. The molecule has 2 aliphatic rings. The Morgan fingerprint density at radius 2 is 2.16 bits per heavy atom. The van der Waals surface area contributed by atoms with Crippen LogP contribution >= 0.6 is 0 Å². The fourth-order valence-electron chi connectivity index (χ4n) is 4.15. The molecule has 4 N–H and O–H groups in total. The summed E-state index contributed by atoms with van der Waals surface area (Å²) in [6, 6.07) is 6.32. The Balaban J connectivity index is 1.72. The molecule has 1 fully saturated rings. The summed E-state index contributed by atoms with van der Waals surface area (Å²) in [6.07, 6.45) is 5.69. The highest BCUT2D eigenvalue weighted by atomic mass is 16.5. The lowest BCUT2D eigenvalue weighted by Gasteiger charge is -2.38. The number of rotatable bonds is 5. The summed E-state index contributed by atoms with van der Waals surface area (Å²) in [6.45, 7) is 2.19. The molecule has 0 atom stereocenters. The summed E-state index contributed by atoms with van der Waals surface area (Å²) in [4.78, 5) is 4.85. The first-order valence-electron chi connectivity index (χ1n) is 9.10. The normalized spacial score (nSPS) is 18.8. The first kappa shape index (κ1) is 16.4. The van der Waals surface area contributed by atoms with Crippen molar-refractivity contribution in [1.29, 1.82) is 0 Å². The van der Waals surface area contributed by atoms with E-state index in [1.807, 2.05) is 0 Å². The van der Waals surface area contributed by atoms with Gasteiger partial charge in [0.1, 0.15) is 11.3 Å². The van der Waals surface area contributed by atoms with E-state index < -0.39 is 0 Å². The molecule has 4 rings (SSSR count). The maximum Gasteiger partial charge on any atom is 0.194 e. The van der Waals surface area contributed by atoms with Gasteiger partial charge in [-0.3, -0.25) is 0 Å². The maximum atomic E-state index is 6.26. The van der Waals surface area contributed by atoms with E-state index >= 15 is 0 Å². The quantitative estimate of drug-likeness (QED) is 0.727. The monoisotopic (exact) mass is 342 g/mol. The Morgan fingerprint density at radius 1 is 1.32 bits per heavy atom. The van der Waals surface area contributed by atoms with Crippen LogP contribution in [-0.4, -0.2) is 26.2 Å². The van der Waals surface area contributed by atoms with E-state index in [1.54, 1.807) is 7.11 Å². The number of benzene rings is 1. The van der Waals surface area contributed by atoms with Crippen LogP contribution in [0.25, 0.3) is 11.0 Å². The van der Waals surface area contributed by atoms with E-state index in [-0.39, 0.29) is 5.54 Å². The van der Waals surface area contributed by atoms with Crippen molar-refractivity contribution in [2.24, 2.45) is 10.7 Å². The van der Waals surface area contributed by atoms with E-state index in [0.29, 0.717) is 19.1 Å². The molecular weight excluding hydrogens is 316 g/mol. The number of aliphatic imine (C=N–C) groups is 1. The van der Waals surface area contributed by atoms with Crippen LogP contribution in [0.1, 0.15) is 43.4 Å². The second kappa shape index (κ2) is 6.69. The van der Waals surface area contributed by atoms with Gasteiger partial charge >= 0.3 is 0 Å². The highest BCUT2D eigenvalue weighted by Crippen LogP contribution is 2.48. The molecule has 0 saturated heterocycles. The molecule has 1 aromatic carbocycles. The lowest BCUT2D eigenvalue weighted by Crippen LogP contribution is -2.38. The highest BCUT2D eigenvalue weighted by molar-refractivity contribution is 6.00. The summed E-state index contributed by atoms with van der Waals surface area (Å²) in [5, 5.41) is 7.70. The molecule has 1 saturated carbocycles. The topological polar surface area (TPSA) is 84.8 Å². The van der Waals surface area contributed by atoms with Gasteiger partial charge in [0.2, 0.25) is 0 Å². The van der Waals surface area contributed by atoms with Gasteiger partial charge in [0.05, 0.1) is 24.4 Å². The van der Waals surface area contributed by atoms with Gasteiger partial charge in [-0.25, -0.2) is 4.99 Å². The average Bonchev–Trinajstić information content (AvgIpc) is 3.01. The van der Waals surface area contributed by atoms with Gasteiger partial charge in [-0.1, -0.05) is 19.3 Å². The first-order valence-corrected chi connectivity index (χ1v) is 9.10. The van der Waals surface area contributed by atoms with Crippen molar-refractivity contribution >= 4 is 22.6 Å². The summed E-state index contributed by atoms with van der Waals surface area (Å²) in [5.74, 6) is 1.45. The molecule has 0 unspecified atom stereocenters. The molecule has 1 aliphatic heterocycles. The summed E-state index contributed by atoms with van der Waals surface area (Å²) < 4.78 is 11.3. The standard InChI is InChI=1S/C19H26N4O2/c1-24-10-9-21-12-14-11-13-5-6-15-16(17(13)25-14)19(23-18(20)22-15)7-3-2-4-8-19/h5-6,11,21H,2-4,7-10,12H2,1H3,(H3,20,22,23). The van der Waals surface area contributed by atoms with Crippen molar-refractivity contribution in [3.05, 3.63) is 29.5 Å². The van der Waals surface area contributed by atoms with Crippen molar-refractivity contribution in [2.45, 2.75) is 44.2 Å². The Kier molecular flexibility index (Phi) is 4.39. The molecule has 25 heavy (non-hydrogen) atoms. The van der Waals surface area contributed by atoms with Gasteiger partial charge in [-0.05, 0) is 31.0 Å². The summed E-state index contributed by atoms with van der Waals surface area (Å²) in [5.41, 5.74) is 9.02. The third kappa shape index (κ3) is 3.00. The van der Waals surface area contributed by atoms with Gasteiger partial charge < -0.3 is 25.5 Å². The van der Waals surface area contributed by atoms with Crippen molar-refractivity contribution in [2.75, 3.05) is 25.6 Å². The summed E-state index contributed by atoms with van der Waals surface area (Å²) >= 11 is 0. The Labute approximate surface area is 147 Å². The predicted molar refractivity (Wildman–Crippen MR) is 99.8 cm³/mol. The fraction of sp³-hybridized carbons (Fsp3) is 0.526. The van der Waals surface area contributed by atoms with E-state index in [0.717, 1.165) is 41.8 Å². The lowest BCUT2D eigenvalue weighted by atomic mass is 9.75. The van der Waals surface area contributed by atoms with E-state index in [4.69, 9.17) is 19.9 Å². The van der Waals surface area contributed by atoms with Crippen molar-refractivity contribution in [1.82, 2.24) is 5.32 Å². The largest absolute Gasteiger partial charge is 0.459 e. The van der Waals surface area contributed by atoms with E-state index in [9.17, 15) is 0 Å². The minimum absolute atomic E-state index is 0.235. The lowest BCUT2D eigenvalue weighted by molar-refractivity contribution is 0.198. The Morgan fingerprint density at radius 3 is 2.96 bits per heavy atom. The van der Waals surface area contributed by atoms with E-state index in [1.165, 1.54) is 24.8 Å². The molecule has 0 bridgehead atoms. The van der Waals surface area contributed by atoms with Crippen LogP contribution in [0.5, 0.6) is 0 Å². The van der Waals surface area contributed by atoms with Crippen LogP contribution < -0.4 is 16.4 Å².